The van der Waals surface area contributed by atoms with E-state index in [-0.39, 0.29) is 6.10 Å². The molecule has 0 bridgehead atoms. The Hall–Kier alpha value is -0.640. The Labute approximate surface area is 104 Å². The molecule has 1 atom stereocenters. The molecule has 2 aromatic heterocycles. The Bertz CT molecular complexity index is 456. The van der Waals surface area contributed by atoms with Gasteiger partial charge in [0.25, 0.3) is 0 Å². The fourth-order valence-corrected chi connectivity index (χ4v) is 3.63. The molecule has 0 radical (unpaired) electrons. The maximum Gasteiger partial charge on any atom is 0.0848 e. The van der Waals surface area contributed by atoms with Crippen LogP contribution in [-0.2, 0) is 12.8 Å². The Morgan fingerprint density at radius 3 is 2.56 bits per heavy atom. The first kappa shape index (κ1) is 11.8. The van der Waals surface area contributed by atoms with Crippen molar-refractivity contribution in [3.63, 3.8) is 0 Å². The molecule has 2 rings (SSSR count). The molecule has 0 aromatic carbocycles. The van der Waals surface area contributed by atoms with Crippen LogP contribution in [0.5, 0.6) is 0 Å². The minimum Gasteiger partial charge on any atom is -0.388 e. The van der Waals surface area contributed by atoms with Gasteiger partial charge in [-0.15, -0.1) is 11.3 Å². The van der Waals surface area contributed by atoms with Crippen molar-refractivity contribution in [3.05, 3.63) is 43.8 Å². The average Bonchev–Trinajstić information content (AvgIpc) is 2.86. The summed E-state index contributed by atoms with van der Waals surface area (Å²) in [6.07, 6.45) is 1.47. The summed E-state index contributed by atoms with van der Waals surface area (Å²) in [5, 5.41) is 14.3. The van der Waals surface area contributed by atoms with Crippen LogP contribution in [0.1, 0.15) is 33.9 Å². The van der Waals surface area contributed by atoms with Gasteiger partial charge in [-0.25, -0.2) is 0 Å². The van der Waals surface area contributed by atoms with E-state index in [1.807, 2.05) is 16.7 Å². The third kappa shape index (κ3) is 2.54. The van der Waals surface area contributed by atoms with Gasteiger partial charge < -0.3 is 5.11 Å². The van der Waals surface area contributed by atoms with E-state index >= 15 is 0 Å². The standard InChI is InChI=1S/C13H16OS2/c1-3-10-4-5-11(16-10)6-13(14)12-8-15-7-9(12)2/h4-5,7-8,13-14H,3,6H2,1-2H3. The van der Waals surface area contributed by atoms with E-state index < -0.39 is 0 Å². The minimum atomic E-state index is -0.352. The van der Waals surface area contributed by atoms with E-state index in [4.69, 9.17) is 0 Å². The van der Waals surface area contributed by atoms with Crippen molar-refractivity contribution < 1.29 is 5.11 Å². The lowest BCUT2D eigenvalue weighted by atomic mass is 10.1. The molecule has 0 aliphatic heterocycles. The Morgan fingerprint density at radius 1 is 1.25 bits per heavy atom. The van der Waals surface area contributed by atoms with Gasteiger partial charge >= 0.3 is 0 Å². The van der Waals surface area contributed by atoms with Gasteiger partial charge in [0.1, 0.15) is 0 Å². The lowest BCUT2D eigenvalue weighted by Crippen LogP contribution is -2.00. The lowest BCUT2D eigenvalue weighted by Gasteiger charge is -2.08. The highest BCUT2D eigenvalue weighted by Gasteiger charge is 2.13. The number of rotatable bonds is 4. The first-order chi connectivity index (χ1) is 7.70. The Balaban J connectivity index is 2.07. The van der Waals surface area contributed by atoms with Crippen molar-refractivity contribution in [2.45, 2.75) is 32.8 Å². The monoisotopic (exact) mass is 252 g/mol. The second-order valence-electron chi connectivity index (χ2n) is 3.95. The highest BCUT2D eigenvalue weighted by molar-refractivity contribution is 7.12. The lowest BCUT2D eigenvalue weighted by molar-refractivity contribution is 0.179. The molecule has 3 heteroatoms. The molecule has 1 N–H and O–H groups in total. The largest absolute Gasteiger partial charge is 0.388 e. The van der Waals surface area contributed by atoms with Crippen molar-refractivity contribution in [1.29, 1.82) is 0 Å². The van der Waals surface area contributed by atoms with Gasteiger partial charge in [0, 0.05) is 16.2 Å². The fraction of sp³-hybridized carbons (Fsp3) is 0.385. The van der Waals surface area contributed by atoms with E-state index in [0.717, 1.165) is 18.4 Å². The van der Waals surface area contributed by atoms with Crippen molar-refractivity contribution in [3.8, 4) is 0 Å². The Kier molecular flexibility index (Phi) is 3.79. The Morgan fingerprint density at radius 2 is 2.00 bits per heavy atom. The zero-order valence-electron chi connectivity index (χ0n) is 9.56. The molecule has 1 nitrogen and oxygen atoms in total. The van der Waals surface area contributed by atoms with Gasteiger partial charge in [0.2, 0.25) is 0 Å². The molecule has 86 valence electrons. The SMILES string of the molecule is CCc1ccc(CC(O)c2cscc2C)s1. The van der Waals surface area contributed by atoms with Crippen molar-refractivity contribution >= 4 is 22.7 Å². The number of thiophene rings is 2. The molecule has 1 unspecified atom stereocenters. The second kappa shape index (κ2) is 5.13. The van der Waals surface area contributed by atoms with Crippen LogP contribution >= 0.6 is 22.7 Å². The van der Waals surface area contributed by atoms with Gasteiger partial charge in [-0.1, -0.05) is 6.92 Å². The minimum absolute atomic E-state index is 0.352. The predicted octanol–water partition coefficient (Wildman–Crippen LogP) is 3.96. The maximum absolute atomic E-state index is 10.1. The number of aliphatic hydroxyl groups excluding tert-OH is 1. The van der Waals surface area contributed by atoms with Crippen LogP contribution in [0.4, 0.5) is 0 Å². The molecule has 0 aliphatic rings. The number of hydrogen-bond acceptors (Lipinski definition) is 3. The van der Waals surface area contributed by atoms with Crippen LogP contribution in [0, 0.1) is 6.92 Å². The van der Waals surface area contributed by atoms with E-state index in [9.17, 15) is 5.11 Å². The predicted molar refractivity (Wildman–Crippen MR) is 71.4 cm³/mol. The first-order valence-corrected chi connectivity index (χ1v) is 7.25. The van der Waals surface area contributed by atoms with Gasteiger partial charge in [0.05, 0.1) is 6.10 Å². The van der Waals surface area contributed by atoms with Crippen LogP contribution in [-0.4, -0.2) is 5.11 Å². The summed E-state index contributed by atoms with van der Waals surface area (Å²) in [6, 6.07) is 4.29. The second-order valence-corrected chi connectivity index (χ2v) is 5.95. The smallest absolute Gasteiger partial charge is 0.0848 e. The fourth-order valence-electron chi connectivity index (χ4n) is 1.73. The van der Waals surface area contributed by atoms with E-state index in [2.05, 4.69) is 31.4 Å². The third-order valence-electron chi connectivity index (χ3n) is 2.71. The number of hydrogen-bond donors (Lipinski definition) is 1. The van der Waals surface area contributed by atoms with Crippen molar-refractivity contribution in [2.75, 3.05) is 0 Å². The first-order valence-electron chi connectivity index (χ1n) is 5.49. The van der Waals surface area contributed by atoms with E-state index in [0.29, 0.717) is 0 Å². The summed E-state index contributed by atoms with van der Waals surface area (Å²) >= 11 is 3.47. The van der Waals surface area contributed by atoms with E-state index in [1.165, 1.54) is 15.3 Å². The van der Waals surface area contributed by atoms with Crippen molar-refractivity contribution in [2.24, 2.45) is 0 Å². The normalized spacial score (nSPS) is 12.9. The molecule has 0 saturated carbocycles. The maximum atomic E-state index is 10.1. The molecule has 2 heterocycles. The molecule has 0 aliphatic carbocycles. The van der Waals surface area contributed by atoms with Crippen LogP contribution in [0.3, 0.4) is 0 Å². The molecular weight excluding hydrogens is 236 g/mol. The molecule has 0 fully saturated rings. The molecule has 0 saturated heterocycles. The zero-order chi connectivity index (χ0) is 11.5. The van der Waals surface area contributed by atoms with Crippen molar-refractivity contribution in [1.82, 2.24) is 0 Å². The third-order valence-corrected chi connectivity index (χ3v) is 4.85. The summed E-state index contributed by atoms with van der Waals surface area (Å²) in [5.74, 6) is 0. The van der Waals surface area contributed by atoms with Gasteiger partial charge in [-0.05, 0) is 47.4 Å². The summed E-state index contributed by atoms with van der Waals surface area (Å²) < 4.78 is 0. The topological polar surface area (TPSA) is 20.2 Å². The number of aliphatic hydroxyl groups is 1. The van der Waals surface area contributed by atoms with Crippen LogP contribution < -0.4 is 0 Å². The summed E-state index contributed by atoms with van der Waals surface area (Å²) in [5.41, 5.74) is 2.28. The quantitative estimate of drug-likeness (QED) is 0.873. The van der Waals surface area contributed by atoms with Crippen LogP contribution in [0.2, 0.25) is 0 Å². The summed E-state index contributed by atoms with van der Waals surface area (Å²) in [7, 11) is 0. The van der Waals surface area contributed by atoms with Gasteiger partial charge in [-0.3, -0.25) is 0 Å². The molecular formula is C13H16OS2. The molecule has 16 heavy (non-hydrogen) atoms. The average molecular weight is 252 g/mol. The van der Waals surface area contributed by atoms with E-state index in [1.54, 1.807) is 11.3 Å². The zero-order valence-corrected chi connectivity index (χ0v) is 11.2. The molecule has 0 spiro atoms. The van der Waals surface area contributed by atoms with Crippen LogP contribution in [0.25, 0.3) is 0 Å². The van der Waals surface area contributed by atoms with Gasteiger partial charge in [-0.2, -0.15) is 11.3 Å². The highest BCUT2D eigenvalue weighted by Crippen LogP contribution is 2.27. The summed E-state index contributed by atoms with van der Waals surface area (Å²) in [4.78, 5) is 2.67. The van der Waals surface area contributed by atoms with Crippen LogP contribution in [0.15, 0.2) is 22.9 Å². The van der Waals surface area contributed by atoms with Gasteiger partial charge in [0.15, 0.2) is 0 Å². The molecule has 2 aromatic rings. The summed E-state index contributed by atoms with van der Waals surface area (Å²) in [6.45, 7) is 4.22. The molecule has 0 amide bonds. The number of aryl methyl sites for hydroxylation is 2. The highest BCUT2D eigenvalue weighted by atomic mass is 32.1.